The summed E-state index contributed by atoms with van der Waals surface area (Å²) in [7, 11) is 1.54. The van der Waals surface area contributed by atoms with Crippen LogP contribution in [0.25, 0.3) is 0 Å². The van der Waals surface area contributed by atoms with Crippen LogP contribution in [0.4, 0.5) is 0 Å². The Labute approximate surface area is 70.3 Å². The van der Waals surface area contributed by atoms with E-state index < -0.39 is 0 Å². The molecular formula is C8H15NOS. The zero-order valence-corrected chi connectivity index (χ0v) is 7.59. The fourth-order valence-electron chi connectivity index (χ4n) is 0.969. The van der Waals surface area contributed by atoms with Gasteiger partial charge in [-0.25, -0.2) is 0 Å². The minimum atomic E-state index is -0.363. The lowest BCUT2D eigenvalue weighted by Crippen LogP contribution is -2.15. The molecule has 2 nitrogen and oxygen atoms in total. The number of hydrogen-bond acceptors (Lipinski definition) is 2. The summed E-state index contributed by atoms with van der Waals surface area (Å²) in [6, 6.07) is 0. The van der Waals surface area contributed by atoms with Crippen molar-refractivity contribution in [2.24, 2.45) is 0 Å². The van der Waals surface area contributed by atoms with Crippen LogP contribution in [-0.2, 0) is 0 Å². The maximum Gasteiger partial charge on any atom is 0.0895 e. The van der Waals surface area contributed by atoms with Crippen LogP contribution in [0.5, 0.6) is 0 Å². The maximum absolute atomic E-state index is 9.57. The average molecular weight is 173 g/mol. The molecule has 0 aromatic heterocycles. The monoisotopic (exact) mass is 173 g/mol. The van der Waals surface area contributed by atoms with Crippen LogP contribution in [0.15, 0.2) is 23.0 Å². The largest absolute Gasteiger partial charge is 0.384 e. The van der Waals surface area contributed by atoms with E-state index in [1.807, 2.05) is 19.2 Å². The Balaban J connectivity index is 2.24. The first-order chi connectivity index (χ1) is 5.34. The van der Waals surface area contributed by atoms with Gasteiger partial charge < -0.3 is 10.4 Å². The molecule has 0 aromatic carbocycles. The Kier molecular flexibility index (Phi) is 3.69. The fraction of sp³-hybridized carbons (Fsp3) is 0.500. The molecule has 0 bridgehead atoms. The Morgan fingerprint density at radius 2 is 2.09 bits per heavy atom. The van der Waals surface area contributed by atoms with Crippen molar-refractivity contribution in [2.45, 2.75) is 11.9 Å². The lowest BCUT2D eigenvalue weighted by atomic mass is 10.4. The highest BCUT2D eigenvalue weighted by Crippen LogP contribution is 2.37. The molecule has 1 aliphatic heterocycles. The maximum atomic E-state index is 9.57. The topological polar surface area (TPSA) is 32.3 Å². The third-order valence-corrected chi connectivity index (χ3v) is 3.60. The smallest absolute Gasteiger partial charge is 0.0895 e. The van der Waals surface area contributed by atoms with E-state index in [1.165, 1.54) is 0 Å². The third kappa shape index (κ3) is 2.69. The van der Waals surface area contributed by atoms with E-state index in [9.17, 15) is 5.11 Å². The number of allylic oxidation sites excluding steroid dienone is 2. The first kappa shape index (κ1) is 8.84. The van der Waals surface area contributed by atoms with Crippen molar-refractivity contribution in [1.82, 2.24) is 5.32 Å². The molecule has 11 heavy (non-hydrogen) atoms. The summed E-state index contributed by atoms with van der Waals surface area (Å²) in [6.07, 6.45) is 4.86. The van der Waals surface area contributed by atoms with Crippen molar-refractivity contribution < 1.29 is 5.11 Å². The minimum Gasteiger partial charge on any atom is -0.384 e. The van der Waals surface area contributed by atoms with Crippen molar-refractivity contribution in [3.05, 3.63) is 23.0 Å². The van der Waals surface area contributed by atoms with Crippen LogP contribution in [-0.4, -0.2) is 24.1 Å². The Hall–Kier alpha value is -0.250. The molecule has 2 N–H and O–H groups in total. The molecule has 3 heteroatoms. The van der Waals surface area contributed by atoms with Gasteiger partial charge in [0.2, 0.25) is 0 Å². The predicted octanol–water partition coefficient (Wildman–Crippen LogP) is 0.957. The van der Waals surface area contributed by atoms with E-state index >= 15 is 0 Å². The van der Waals surface area contributed by atoms with Crippen molar-refractivity contribution in [3.63, 3.8) is 0 Å². The number of aliphatic hydroxyl groups is 1. The molecule has 0 aromatic rings. The molecule has 0 radical (unpaired) electrons. The van der Waals surface area contributed by atoms with E-state index in [4.69, 9.17) is 0 Å². The lowest BCUT2D eigenvalue weighted by molar-refractivity contribution is 0.252. The molecule has 0 unspecified atom stereocenters. The summed E-state index contributed by atoms with van der Waals surface area (Å²) in [5.74, 6) is 0. The highest BCUT2D eigenvalue weighted by Gasteiger charge is 2.09. The molecule has 1 rings (SSSR count). The van der Waals surface area contributed by atoms with Gasteiger partial charge in [0.15, 0.2) is 0 Å². The number of nitrogens with one attached hydrogen (secondary N) is 1. The number of aliphatic hydroxyl groups excluding tert-OH is 1. The second-order valence-corrected chi connectivity index (χ2v) is 4.59. The summed E-state index contributed by atoms with van der Waals surface area (Å²) in [6.45, 7) is 0.891. The Morgan fingerprint density at radius 1 is 1.45 bits per heavy atom. The summed E-state index contributed by atoms with van der Waals surface area (Å²) < 4.78 is 0. The zero-order valence-electron chi connectivity index (χ0n) is 6.70. The van der Waals surface area contributed by atoms with Gasteiger partial charge in [-0.1, -0.05) is 12.2 Å². The summed E-state index contributed by atoms with van der Waals surface area (Å²) in [4.78, 5) is 0. The second kappa shape index (κ2) is 4.59. The van der Waals surface area contributed by atoms with Gasteiger partial charge in [-0.15, -0.1) is 0 Å². The van der Waals surface area contributed by atoms with Crippen molar-refractivity contribution in [3.8, 4) is 0 Å². The molecule has 1 atom stereocenters. The second-order valence-electron chi connectivity index (χ2n) is 2.50. The lowest BCUT2D eigenvalue weighted by Gasteiger charge is -2.17. The Morgan fingerprint density at radius 3 is 2.64 bits per heavy atom. The molecule has 0 aliphatic carbocycles. The van der Waals surface area contributed by atoms with Crippen LogP contribution in [0.3, 0.4) is 0 Å². The van der Waals surface area contributed by atoms with Crippen LogP contribution >= 0.6 is 10.9 Å². The summed E-state index contributed by atoms with van der Waals surface area (Å²) in [5, 5.41) is 16.8. The highest BCUT2D eigenvalue weighted by atomic mass is 32.2. The van der Waals surface area contributed by atoms with Crippen molar-refractivity contribution in [2.75, 3.05) is 13.6 Å². The van der Waals surface area contributed by atoms with E-state index in [-0.39, 0.29) is 16.3 Å². The molecule has 0 fully saturated rings. The van der Waals surface area contributed by atoms with Gasteiger partial charge in [0.25, 0.3) is 0 Å². The zero-order chi connectivity index (χ0) is 8.10. The van der Waals surface area contributed by atoms with Gasteiger partial charge in [0, 0.05) is 0 Å². The molecule has 0 saturated carbocycles. The quantitative estimate of drug-likeness (QED) is 0.553. The number of thiol groups is 1. The van der Waals surface area contributed by atoms with Crippen LogP contribution in [0, 0.1) is 0 Å². The molecular weight excluding hydrogens is 158 g/mol. The molecule has 64 valence electrons. The summed E-state index contributed by atoms with van der Waals surface area (Å²) in [5.41, 5.74) is -0.160. The predicted molar refractivity (Wildman–Crippen MR) is 51.8 cm³/mol. The van der Waals surface area contributed by atoms with E-state index in [0.29, 0.717) is 0 Å². The first-order valence-corrected chi connectivity index (χ1v) is 5.34. The van der Waals surface area contributed by atoms with E-state index in [0.717, 1.165) is 13.0 Å². The minimum absolute atomic E-state index is 0.160. The van der Waals surface area contributed by atoms with Crippen molar-refractivity contribution in [1.29, 1.82) is 0 Å². The average Bonchev–Trinajstić information content (AvgIpc) is 2.52. The van der Waals surface area contributed by atoms with E-state index in [2.05, 4.69) is 16.1 Å². The van der Waals surface area contributed by atoms with Gasteiger partial charge in [-0.2, -0.15) is 10.9 Å². The van der Waals surface area contributed by atoms with Gasteiger partial charge >= 0.3 is 0 Å². The van der Waals surface area contributed by atoms with Gasteiger partial charge in [0.05, 0.1) is 5.44 Å². The van der Waals surface area contributed by atoms with E-state index in [1.54, 1.807) is 0 Å². The molecule has 0 saturated heterocycles. The molecule has 1 heterocycles. The van der Waals surface area contributed by atoms with Crippen LogP contribution in [0.2, 0.25) is 0 Å². The Bertz CT molecular complexity index is 155. The fourth-order valence-corrected chi connectivity index (χ4v) is 2.49. The van der Waals surface area contributed by atoms with Gasteiger partial charge in [-0.05, 0) is 30.8 Å². The third-order valence-electron chi connectivity index (χ3n) is 1.62. The number of rotatable bonds is 4. The highest BCUT2D eigenvalue weighted by molar-refractivity contribution is 8.22. The molecule has 1 aliphatic rings. The van der Waals surface area contributed by atoms with Crippen molar-refractivity contribution >= 4 is 10.9 Å². The number of hydrogen-bond donors (Lipinski definition) is 3. The SMILES string of the molecule is CNCC[C@@H](O)[SH]1C=CC=C1. The standard InChI is InChI=1S/C8H15NOS/c1-9-5-4-8(10)11-6-2-3-7-11/h2-3,6-11H,4-5H2,1H3/t8-/m0/s1. The van der Waals surface area contributed by atoms with Crippen LogP contribution in [0.1, 0.15) is 6.42 Å². The molecule has 0 amide bonds. The van der Waals surface area contributed by atoms with Crippen LogP contribution < -0.4 is 5.32 Å². The summed E-state index contributed by atoms with van der Waals surface area (Å²) >= 11 is 0. The first-order valence-electron chi connectivity index (χ1n) is 3.79. The van der Waals surface area contributed by atoms with Gasteiger partial charge in [0.1, 0.15) is 0 Å². The molecule has 0 spiro atoms. The normalized spacial score (nSPS) is 21.1. The van der Waals surface area contributed by atoms with Gasteiger partial charge in [-0.3, -0.25) is 0 Å².